The zero-order chi connectivity index (χ0) is 24.0. The van der Waals surface area contributed by atoms with E-state index in [1.54, 1.807) is 11.5 Å². The van der Waals surface area contributed by atoms with E-state index in [-0.39, 0.29) is 35.2 Å². The first-order valence-electron chi connectivity index (χ1n) is 10.0. The molecule has 5 rings (SSSR count). The van der Waals surface area contributed by atoms with E-state index < -0.39 is 29.1 Å². The Bertz CT molecular complexity index is 1430. The van der Waals surface area contributed by atoms with Crippen molar-refractivity contribution in [2.45, 2.75) is 12.6 Å². The molecule has 0 radical (unpaired) electrons. The first-order chi connectivity index (χ1) is 16.2. The molecular weight excluding hydrogens is 494 g/mol. The third kappa shape index (κ3) is 3.94. The Balaban J connectivity index is 1.51. The van der Waals surface area contributed by atoms with Crippen molar-refractivity contribution in [3.8, 4) is 11.3 Å². The minimum Gasteiger partial charge on any atom is -0.333 e. The molecule has 0 unspecified atom stereocenters. The quantitative estimate of drug-likeness (QED) is 0.339. The summed E-state index contributed by atoms with van der Waals surface area (Å²) < 4.78 is 56.5. The van der Waals surface area contributed by atoms with Gasteiger partial charge in [-0.1, -0.05) is 17.7 Å². The summed E-state index contributed by atoms with van der Waals surface area (Å²) in [7, 11) is 0. The highest BCUT2D eigenvalue weighted by atomic mass is 35.5. The fourth-order valence-electron chi connectivity index (χ4n) is 3.80. The molecule has 4 aromatic rings. The highest BCUT2D eigenvalue weighted by molar-refractivity contribution is 7.07. The second kappa shape index (κ2) is 8.48. The maximum absolute atomic E-state index is 14.0. The topological polar surface area (TPSA) is 63.4 Å². The predicted octanol–water partition coefficient (Wildman–Crippen LogP) is 5.59. The molecular formula is C22H14ClF4N5OS. The second-order valence-electron chi connectivity index (χ2n) is 7.52. The van der Waals surface area contributed by atoms with Gasteiger partial charge in [-0.05, 0) is 30.2 Å². The smallest absolute Gasteiger partial charge is 0.333 e. The molecule has 0 saturated heterocycles. The highest BCUT2D eigenvalue weighted by Gasteiger charge is 2.37. The van der Waals surface area contributed by atoms with E-state index in [9.17, 15) is 22.4 Å². The van der Waals surface area contributed by atoms with E-state index in [1.165, 1.54) is 46.3 Å². The maximum Gasteiger partial charge on any atom is 0.420 e. The van der Waals surface area contributed by atoms with Crippen LogP contribution in [0.1, 0.15) is 28.2 Å². The SMILES string of the molecule is O=C(c1nc2c(C(F)(F)F)cc(-c3cscn3)cn2c1Cl)N1CC=C(c2ncccc2F)CC1. The van der Waals surface area contributed by atoms with Crippen molar-refractivity contribution in [2.24, 2.45) is 0 Å². The van der Waals surface area contributed by atoms with Gasteiger partial charge in [0.05, 0.1) is 16.8 Å². The van der Waals surface area contributed by atoms with Gasteiger partial charge < -0.3 is 4.90 Å². The zero-order valence-electron chi connectivity index (χ0n) is 17.2. The van der Waals surface area contributed by atoms with Gasteiger partial charge in [0.15, 0.2) is 11.3 Å². The second-order valence-corrected chi connectivity index (χ2v) is 8.60. The zero-order valence-corrected chi connectivity index (χ0v) is 18.8. The number of hydrogen-bond donors (Lipinski definition) is 0. The number of aromatic nitrogens is 4. The largest absolute Gasteiger partial charge is 0.420 e. The lowest BCUT2D eigenvalue weighted by atomic mass is 10.0. The van der Waals surface area contributed by atoms with Crippen LogP contribution in [0.2, 0.25) is 5.15 Å². The van der Waals surface area contributed by atoms with Gasteiger partial charge in [0.2, 0.25) is 0 Å². The number of hydrogen-bond acceptors (Lipinski definition) is 5. The lowest BCUT2D eigenvalue weighted by molar-refractivity contribution is -0.136. The fourth-order valence-corrected chi connectivity index (χ4v) is 4.61. The number of carbonyl (C=O) groups is 1. The molecule has 12 heteroatoms. The van der Waals surface area contributed by atoms with Gasteiger partial charge in [-0.15, -0.1) is 11.3 Å². The molecule has 0 saturated carbocycles. The third-order valence-electron chi connectivity index (χ3n) is 5.46. The van der Waals surface area contributed by atoms with Gasteiger partial charge in [0.25, 0.3) is 5.91 Å². The van der Waals surface area contributed by atoms with Crippen molar-refractivity contribution in [2.75, 3.05) is 13.1 Å². The monoisotopic (exact) mass is 507 g/mol. The molecule has 0 N–H and O–H groups in total. The van der Waals surface area contributed by atoms with Crippen LogP contribution in [0.5, 0.6) is 0 Å². The number of thiazole rings is 1. The average Bonchev–Trinajstić information content (AvgIpc) is 3.47. The first-order valence-corrected chi connectivity index (χ1v) is 11.3. The van der Waals surface area contributed by atoms with Crippen LogP contribution in [0.3, 0.4) is 0 Å². The number of imidazole rings is 1. The molecule has 1 aliphatic heterocycles. The van der Waals surface area contributed by atoms with Gasteiger partial charge in [0.1, 0.15) is 16.7 Å². The van der Waals surface area contributed by atoms with Crippen LogP contribution in [0.25, 0.3) is 22.5 Å². The normalized spacial score (nSPS) is 14.5. The number of halogens is 5. The Labute approximate surface area is 199 Å². The van der Waals surface area contributed by atoms with Crippen LogP contribution in [0, 0.1) is 5.82 Å². The Kier molecular flexibility index (Phi) is 5.61. The summed E-state index contributed by atoms with van der Waals surface area (Å²) in [5.41, 5.74) is 1.14. The van der Waals surface area contributed by atoms with Gasteiger partial charge in [-0.3, -0.25) is 14.2 Å². The average molecular weight is 508 g/mol. The molecule has 0 spiro atoms. The summed E-state index contributed by atoms with van der Waals surface area (Å²) in [6.07, 6.45) is 0.122. The summed E-state index contributed by atoms with van der Waals surface area (Å²) in [6.45, 7) is 0.325. The van der Waals surface area contributed by atoms with E-state index in [1.807, 2.05) is 0 Å². The third-order valence-corrected chi connectivity index (χ3v) is 6.40. The summed E-state index contributed by atoms with van der Waals surface area (Å²) in [6, 6.07) is 3.73. The van der Waals surface area contributed by atoms with Crippen molar-refractivity contribution < 1.29 is 22.4 Å². The minimum atomic E-state index is -4.72. The Morgan fingerprint density at radius 1 is 1.24 bits per heavy atom. The Morgan fingerprint density at radius 3 is 2.71 bits per heavy atom. The molecule has 5 heterocycles. The molecule has 0 fully saturated rings. The number of fused-ring (bicyclic) bond motifs is 1. The van der Waals surface area contributed by atoms with Crippen LogP contribution in [-0.2, 0) is 6.18 Å². The summed E-state index contributed by atoms with van der Waals surface area (Å²) >= 11 is 7.61. The van der Waals surface area contributed by atoms with Gasteiger partial charge in [-0.25, -0.2) is 14.4 Å². The van der Waals surface area contributed by atoms with Crippen LogP contribution in [0.15, 0.2) is 47.6 Å². The number of alkyl halides is 3. The van der Waals surface area contributed by atoms with E-state index >= 15 is 0 Å². The van der Waals surface area contributed by atoms with Crippen molar-refractivity contribution in [1.29, 1.82) is 0 Å². The van der Waals surface area contributed by atoms with E-state index in [0.29, 0.717) is 17.7 Å². The van der Waals surface area contributed by atoms with Crippen LogP contribution in [-0.4, -0.2) is 43.2 Å². The van der Waals surface area contributed by atoms with E-state index in [0.717, 1.165) is 10.5 Å². The van der Waals surface area contributed by atoms with Crippen molar-refractivity contribution in [1.82, 2.24) is 24.3 Å². The molecule has 0 atom stereocenters. The van der Waals surface area contributed by atoms with Gasteiger partial charge in [-0.2, -0.15) is 13.2 Å². The minimum absolute atomic E-state index is 0.116. The number of amides is 1. The van der Waals surface area contributed by atoms with Crippen LogP contribution < -0.4 is 0 Å². The van der Waals surface area contributed by atoms with E-state index in [4.69, 9.17) is 11.6 Å². The molecule has 0 bridgehead atoms. The summed E-state index contributed by atoms with van der Waals surface area (Å²) in [4.78, 5) is 26.6. The number of nitrogens with zero attached hydrogens (tertiary/aromatic N) is 5. The van der Waals surface area contributed by atoms with Crippen LogP contribution in [0.4, 0.5) is 17.6 Å². The fraction of sp³-hybridized carbons (Fsp3) is 0.182. The molecule has 34 heavy (non-hydrogen) atoms. The van der Waals surface area contributed by atoms with Crippen molar-refractivity contribution >= 4 is 40.1 Å². The Hall–Kier alpha value is -3.31. The molecule has 6 nitrogen and oxygen atoms in total. The van der Waals surface area contributed by atoms with Gasteiger partial charge in [0, 0.05) is 36.4 Å². The molecule has 4 aromatic heterocycles. The molecule has 0 aliphatic carbocycles. The van der Waals surface area contributed by atoms with Gasteiger partial charge >= 0.3 is 6.18 Å². The van der Waals surface area contributed by atoms with Crippen molar-refractivity contribution in [3.05, 3.63) is 75.5 Å². The molecule has 1 aliphatic rings. The predicted molar refractivity (Wildman–Crippen MR) is 119 cm³/mol. The standard InChI is InChI=1S/C22H14ClF4N5OS/c23-19-18(21(33)31-6-3-12(4-7-31)17-15(24)2-1-5-28-17)30-20-14(22(25,26)27)8-13(9-32(19)20)16-10-34-11-29-16/h1-3,5,8-11H,4,6-7H2. The number of rotatable bonds is 3. The number of pyridine rings is 2. The highest BCUT2D eigenvalue weighted by Crippen LogP contribution is 2.37. The van der Waals surface area contributed by atoms with Crippen LogP contribution >= 0.6 is 22.9 Å². The Morgan fingerprint density at radius 2 is 2.06 bits per heavy atom. The van der Waals surface area contributed by atoms with E-state index in [2.05, 4.69) is 15.0 Å². The first kappa shape index (κ1) is 22.5. The summed E-state index contributed by atoms with van der Waals surface area (Å²) in [5, 5.41) is 1.38. The molecule has 174 valence electrons. The summed E-state index contributed by atoms with van der Waals surface area (Å²) in [5.74, 6) is -1.08. The number of carbonyl (C=O) groups excluding carboxylic acids is 1. The maximum atomic E-state index is 14.0. The lowest BCUT2D eigenvalue weighted by Crippen LogP contribution is -2.35. The lowest BCUT2D eigenvalue weighted by Gasteiger charge is -2.25. The molecule has 1 amide bonds. The molecule has 0 aromatic carbocycles. The van der Waals surface area contributed by atoms with Crippen molar-refractivity contribution in [3.63, 3.8) is 0 Å².